The highest BCUT2D eigenvalue weighted by Gasteiger charge is 2.37. The predicted molar refractivity (Wildman–Crippen MR) is 147 cm³/mol. The lowest BCUT2D eigenvalue weighted by Gasteiger charge is -2.34. The van der Waals surface area contributed by atoms with E-state index in [9.17, 15) is 13.2 Å². The Labute approximate surface area is 223 Å². The van der Waals surface area contributed by atoms with Crippen molar-refractivity contribution in [3.05, 3.63) is 65.9 Å². The lowest BCUT2D eigenvalue weighted by molar-refractivity contribution is -0.119. The molecule has 1 unspecified atom stereocenters. The van der Waals surface area contributed by atoms with E-state index in [1.165, 1.54) is 37.3 Å². The fourth-order valence-electron chi connectivity index (χ4n) is 3.89. The number of carbonyl (C=O) groups is 1. The molecule has 0 saturated carbocycles. The zero-order chi connectivity index (χ0) is 27.3. The highest BCUT2D eigenvalue weighted by Crippen LogP contribution is 2.38. The molecular formula is C26H31ClN4O5S. The summed E-state index contributed by atoms with van der Waals surface area (Å²) in [6, 6.07) is 11.6. The summed E-state index contributed by atoms with van der Waals surface area (Å²) in [5, 5.41) is 0.179. The summed E-state index contributed by atoms with van der Waals surface area (Å²) in [6.07, 6.45) is 3.16. The standard InChI is InChI=1S/C26H31ClN4O5S/c1-7-30(20-9-8-14-28-17-20)26(32)18(2)31(23-15-19(29(3)4)10-12-22(23)27)37(33,34)21-11-13-24(35-5)25(16-21)36-6/h8-18H,7H2,1-6H3. The first-order chi connectivity index (χ1) is 17.6. The zero-order valence-electron chi connectivity index (χ0n) is 21.7. The second kappa shape index (κ2) is 11.7. The molecule has 3 rings (SSSR count). The van der Waals surface area contributed by atoms with Gasteiger partial charge >= 0.3 is 0 Å². The van der Waals surface area contributed by atoms with Gasteiger partial charge in [-0.2, -0.15) is 0 Å². The Morgan fingerprint density at radius 1 is 1.03 bits per heavy atom. The first-order valence-electron chi connectivity index (χ1n) is 11.5. The second-order valence-corrected chi connectivity index (χ2v) is 10.5. The van der Waals surface area contributed by atoms with Gasteiger partial charge in [0.2, 0.25) is 0 Å². The fraction of sp³-hybridized carbons (Fsp3) is 0.308. The molecule has 0 saturated heterocycles. The van der Waals surface area contributed by atoms with Crippen LogP contribution >= 0.6 is 11.6 Å². The zero-order valence-corrected chi connectivity index (χ0v) is 23.2. The number of anilines is 3. The van der Waals surface area contributed by atoms with Crippen LogP contribution in [0.5, 0.6) is 11.5 Å². The third-order valence-corrected chi connectivity index (χ3v) is 8.04. The molecule has 0 radical (unpaired) electrons. The molecule has 1 aromatic heterocycles. The number of hydrogen-bond donors (Lipinski definition) is 0. The van der Waals surface area contributed by atoms with Crippen LogP contribution < -0.4 is 23.6 Å². The third-order valence-electron chi connectivity index (χ3n) is 5.84. The summed E-state index contributed by atoms with van der Waals surface area (Å²) < 4.78 is 40.1. The van der Waals surface area contributed by atoms with Crippen molar-refractivity contribution in [2.24, 2.45) is 0 Å². The van der Waals surface area contributed by atoms with Gasteiger partial charge < -0.3 is 19.3 Å². The van der Waals surface area contributed by atoms with Crippen LogP contribution in [-0.2, 0) is 14.8 Å². The van der Waals surface area contributed by atoms with Crippen molar-refractivity contribution < 1.29 is 22.7 Å². The van der Waals surface area contributed by atoms with E-state index < -0.39 is 22.0 Å². The normalized spacial score (nSPS) is 12.0. The summed E-state index contributed by atoms with van der Waals surface area (Å²) in [6.45, 7) is 3.66. The predicted octanol–water partition coefficient (Wildman–Crippen LogP) is 4.46. The number of hydrogen-bond acceptors (Lipinski definition) is 7. The van der Waals surface area contributed by atoms with Crippen molar-refractivity contribution in [3.63, 3.8) is 0 Å². The van der Waals surface area contributed by atoms with Crippen molar-refractivity contribution >= 4 is 44.6 Å². The molecule has 0 aliphatic heterocycles. The number of methoxy groups -OCH3 is 2. The van der Waals surface area contributed by atoms with E-state index in [1.807, 2.05) is 25.9 Å². The SMILES string of the molecule is CCN(C(=O)C(C)N(c1cc(N(C)C)ccc1Cl)S(=O)(=O)c1ccc(OC)c(OC)c1)c1cccnc1. The smallest absolute Gasteiger partial charge is 0.265 e. The van der Waals surface area contributed by atoms with E-state index in [1.54, 1.807) is 49.6 Å². The Morgan fingerprint density at radius 2 is 1.73 bits per heavy atom. The van der Waals surface area contributed by atoms with E-state index in [0.29, 0.717) is 23.7 Å². The number of carbonyl (C=O) groups excluding carboxylic acids is 1. The molecule has 0 fully saturated rings. The molecule has 3 aromatic rings. The Balaban J connectivity index is 2.22. The van der Waals surface area contributed by atoms with Crippen molar-refractivity contribution in [2.45, 2.75) is 24.8 Å². The monoisotopic (exact) mass is 546 g/mol. The summed E-state index contributed by atoms with van der Waals surface area (Å²) in [4.78, 5) is 21.1. The van der Waals surface area contributed by atoms with Gasteiger partial charge in [-0.05, 0) is 56.3 Å². The molecule has 2 aromatic carbocycles. The molecule has 0 spiro atoms. The maximum Gasteiger partial charge on any atom is 0.265 e. The molecule has 0 aliphatic carbocycles. The molecule has 1 amide bonds. The van der Waals surface area contributed by atoms with Crippen molar-refractivity contribution in [1.82, 2.24) is 4.98 Å². The first-order valence-corrected chi connectivity index (χ1v) is 13.3. The summed E-state index contributed by atoms with van der Waals surface area (Å²) in [5.41, 5.74) is 1.44. The second-order valence-electron chi connectivity index (χ2n) is 8.32. The number of pyridine rings is 1. The number of nitrogens with zero attached hydrogens (tertiary/aromatic N) is 4. The van der Waals surface area contributed by atoms with Crippen molar-refractivity contribution in [2.75, 3.05) is 49.0 Å². The van der Waals surface area contributed by atoms with E-state index in [2.05, 4.69) is 4.98 Å². The average molecular weight is 547 g/mol. The summed E-state index contributed by atoms with van der Waals surface area (Å²) in [7, 11) is 2.23. The van der Waals surface area contributed by atoms with Gasteiger partial charge in [-0.1, -0.05) is 11.6 Å². The largest absolute Gasteiger partial charge is 0.493 e. The molecule has 1 heterocycles. The number of ether oxygens (including phenoxy) is 2. The van der Waals surface area contributed by atoms with Crippen LogP contribution in [-0.4, -0.2) is 60.2 Å². The van der Waals surface area contributed by atoms with Crippen LogP contribution in [0.1, 0.15) is 13.8 Å². The maximum atomic E-state index is 14.2. The highest BCUT2D eigenvalue weighted by molar-refractivity contribution is 7.93. The van der Waals surface area contributed by atoms with E-state index in [-0.39, 0.29) is 21.4 Å². The van der Waals surface area contributed by atoms with Crippen LogP contribution in [0.15, 0.2) is 65.8 Å². The van der Waals surface area contributed by atoms with E-state index in [0.717, 1.165) is 4.31 Å². The molecule has 0 bridgehead atoms. The molecule has 198 valence electrons. The van der Waals surface area contributed by atoms with Crippen molar-refractivity contribution in [3.8, 4) is 11.5 Å². The van der Waals surface area contributed by atoms with Gasteiger partial charge in [-0.3, -0.25) is 14.1 Å². The van der Waals surface area contributed by atoms with Crippen LogP contribution in [0.2, 0.25) is 5.02 Å². The van der Waals surface area contributed by atoms with Crippen molar-refractivity contribution in [1.29, 1.82) is 0 Å². The number of benzene rings is 2. The number of likely N-dealkylation sites (N-methyl/N-ethyl adjacent to an activating group) is 1. The quantitative estimate of drug-likeness (QED) is 0.371. The number of sulfonamides is 1. The van der Waals surface area contributed by atoms with E-state index in [4.69, 9.17) is 21.1 Å². The molecule has 1 atom stereocenters. The topological polar surface area (TPSA) is 92.3 Å². The Bertz CT molecular complexity index is 1350. The van der Waals surface area contributed by atoms with Crippen LogP contribution in [0.4, 0.5) is 17.1 Å². The lowest BCUT2D eigenvalue weighted by Crippen LogP contribution is -2.50. The van der Waals surface area contributed by atoms with Crippen LogP contribution in [0.3, 0.4) is 0 Å². The van der Waals surface area contributed by atoms with Gasteiger partial charge in [-0.15, -0.1) is 0 Å². The average Bonchev–Trinajstić information content (AvgIpc) is 2.90. The summed E-state index contributed by atoms with van der Waals surface area (Å²) in [5.74, 6) is 0.172. The van der Waals surface area contributed by atoms with Gasteiger partial charge in [0.1, 0.15) is 6.04 Å². The fourth-order valence-corrected chi connectivity index (χ4v) is 5.79. The molecule has 0 aliphatic rings. The molecule has 9 nitrogen and oxygen atoms in total. The van der Waals surface area contributed by atoms with Gasteiger partial charge in [0.25, 0.3) is 15.9 Å². The first kappa shape index (κ1) is 28.1. The molecular weight excluding hydrogens is 516 g/mol. The van der Waals surface area contributed by atoms with Gasteiger partial charge in [0.05, 0.1) is 41.7 Å². The lowest BCUT2D eigenvalue weighted by atomic mass is 10.2. The van der Waals surface area contributed by atoms with Gasteiger partial charge in [0, 0.05) is 38.6 Å². The van der Waals surface area contributed by atoms with Crippen LogP contribution in [0.25, 0.3) is 0 Å². The molecule has 37 heavy (non-hydrogen) atoms. The Morgan fingerprint density at radius 3 is 2.30 bits per heavy atom. The molecule has 0 N–H and O–H groups in total. The number of amides is 1. The minimum absolute atomic E-state index is 0.0828. The number of aromatic nitrogens is 1. The number of rotatable bonds is 10. The highest BCUT2D eigenvalue weighted by atomic mass is 35.5. The number of halogens is 1. The van der Waals surface area contributed by atoms with Gasteiger partial charge in [0.15, 0.2) is 11.5 Å². The van der Waals surface area contributed by atoms with Gasteiger partial charge in [-0.25, -0.2) is 8.42 Å². The minimum atomic E-state index is -4.31. The maximum absolute atomic E-state index is 14.2. The third kappa shape index (κ3) is 5.75. The molecule has 11 heteroatoms. The Kier molecular flexibility index (Phi) is 8.88. The van der Waals surface area contributed by atoms with E-state index >= 15 is 0 Å². The Hall–Kier alpha value is -3.50. The van der Waals surface area contributed by atoms with Crippen LogP contribution in [0, 0.1) is 0 Å². The minimum Gasteiger partial charge on any atom is -0.493 e. The summed E-state index contributed by atoms with van der Waals surface area (Å²) >= 11 is 6.57.